The molecule has 134 valence electrons. The van der Waals surface area contributed by atoms with Crippen LogP contribution in [0.25, 0.3) is 0 Å². The molecule has 5 heteroatoms. The van der Waals surface area contributed by atoms with Crippen molar-refractivity contribution < 1.29 is 24.5 Å². The second kappa shape index (κ2) is 8.03. The first-order valence-electron chi connectivity index (χ1n) is 8.36. The van der Waals surface area contributed by atoms with Gasteiger partial charge in [0, 0.05) is 0 Å². The predicted molar refractivity (Wildman–Crippen MR) is 94.6 cm³/mol. The van der Waals surface area contributed by atoms with Gasteiger partial charge in [0.1, 0.15) is 17.6 Å². The number of hydrogen-bond donors (Lipinski definition) is 2. The molecule has 0 aliphatic heterocycles. The van der Waals surface area contributed by atoms with Gasteiger partial charge in [-0.2, -0.15) is 0 Å². The summed E-state index contributed by atoms with van der Waals surface area (Å²) in [4.78, 5) is 12.1. The van der Waals surface area contributed by atoms with Crippen molar-refractivity contribution in [2.45, 2.75) is 45.3 Å². The normalized spacial score (nSPS) is 14.4. The number of aliphatic hydroxyl groups is 1. The summed E-state index contributed by atoms with van der Waals surface area (Å²) in [6.07, 6.45) is -0.260. The summed E-state index contributed by atoms with van der Waals surface area (Å²) in [7, 11) is 0. The smallest absolute Gasteiger partial charge is 0.508 e. The minimum absolute atomic E-state index is 0.113. The molecule has 0 radical (unpaired) electrons. The van der Waals surface area contributed by atoms with Crippen LogP contribution in [0.4, 0.5) is 4.79 Å². The molecule has 25 heavy (non-hydrogen) atoms. The zero-order valence-corrected chi connectivity index (χ0v) is 14.7. The molecule has 2 aromatic rings. The molecule has 0 aromatic heterocycles. The van der Waals surface area contributed by atoms with Gasteiger partial charge in [-0.05, 0) is 55.2 Å². The minimum Gasteiger partial charge on any atom is -0.508 e. The van der Waals surface area contributed by atoms with E-state index in [1.807, 2.05) is 13.8 Å². The highest BCUT2D eigenvalue weighted by atomic mass is 16.7. The maximum Gasteiger partial charge on any atom is 0.514 e. The van der Waals surface area contributed by atoms with Gasteiger partial charge in [-0.25, -0.2) is 4.79 Å². The number of aromatic hydroxyl groups is 1. The monoisotopic (exact) mass is 344 g/mol. The SMILES string of the molecule is CCC(OC(=O)Oc1cccc(C(C)(O)CC)c1)c1cccc(O)c1. The van der Waals surface area contributed by atoms with E-state index in [0.717, 1.165) is 0 Å². The van der Waals surface area contributed by atoms with Crippen molar-refractivity contribution in [2.75, 3.05) is 0 Å². The molecular weight excluding hydrogens is 320 g/mol. The minimum atomic E-state index is -0.989. The number of carbonyl (C=O) groups excluding carboxylic acids is 1. The van der Waals surface area contributed by atoms with Crippen LogP contribution in [-0.2, 0) is 10.3 Å². The van der Waals surface area contributed by atoms with Gasteiger partial charge < -0.3 is 19.7 Å². The lowest BCUT2D eigenvalue weighted by Gasteiger charge is -2.22. The molecule has 0 amide bonds. The summed E-state index contributed by atoms with van der Waals surface area (Å²) in [5.41, 5.74) is 0.374. The third-order valence-corrected chi connectivity index (χ3v) is 4.20. The summed E-state index contributed by atoms with van der Waals surface area (Å²) in [5, 5.41) is 19.9. The highest BCUT2D eigenvalue weighted by Gasteiger charge is 2.22. The number of hydrogen-bond acceptors (Lipinski definition) is 5. The van der Waals surface area contributed by atoms with Crippen molar-refractivity contribution in [3.63, 3.8) is 0 Å². The van der Waals surface area contributed by atoms with E-state index in [1.165, 1.54) is 0 Å². The van der Waals surface area contributed by atoms with Crippen LogP contribution in [0.2, 0.25) is 0 Å². The molecule has 2 rings (SSSR count). The van der Waals surface area contributed by atoms with Crippen molar-refractivity contribution in [3.8, 4) is 11.5 Å². The highest BCUT2D eigenvalue weighted by Crippen LogP contribution is 2.28. The topological polar surface area (TPSA) is 76.0 Å². The second-order valence-electron chi connectivity index (χ2n) is 6.12. The third-order valence-electron chi connectivity index (χ3n) is 4.20. The number of phenols is 1. The molecule has 0 saturated carbocycles. The Morgan fingerprint density at radius 3 is 2.52 bits per heavy atom. The Kier molecular flexibility index (Phi) is 6.04. The van der Waals surface area contributed by atoms with Gasteiger partial charge in [-0.3, -0.25) is 0 Å². The summed E-state index contributed by atoms with van der Waals surface area (Å²) in [5.74, 6) is 0.421. The lowest BCUT2D eigenvalue weighted by molar-refractivity contribution is 0.0499. The summed E-state index contributed by atoms with van der Waals surface area (Å²) >= 11 is 0. The summed E-state index contributed by atoms with van der Waals surface area (Å²) < 4.78 is 10.6. The van der Waals surface area contributed by atoms with Gasteiger partial charge in [0.2, 0.25) is 0 Å². The zero-order chi connectivity index (χ0) is 18.4. The lowest BCUT2D eigenvalue weighted by Crippen LogP contribution is -2.20. The summed E-state index contributed by atoms with van der Waals surface area (Å²) in [6, 6.07) is 13.3. The van der Waals surface area contributed by atoms with E-state index in [-0.39, 0.29) is 5.75 Å². The number of benzene rings is 2. The molecule has 0 heterocycles. The fraction of sp³-hybridized carbons (Fsp3) is 0.350. The van der Waals surface area contributed by atoms with Crippen LogP contribution in [0.15, 0.2) is 48.5 Å². The molecule has 0 aliphatic carbocycles. The molecule has 2 unspecified atom stereocenters. The molecule has 2 N–H and O–H groups in total. The number of carbonyl (C=O) groups is 1. The standard InChI is InChI=1S/C20H24O5/c1-4-18(14-8-6-10-16(21)12-14)25-19(22)24-17-11-7-9-15(13-17)20(3,23)5-2/h6-13,18,21,23H,4-5H2,1-3H3. The highest BCUT2D eigenvalue weighted by molar-refractivity contribution is 5.64. The van der Waals surface area contributed by atoms with Crippen molar-refractivity contribution >= 4 is 6.16 Å². The fourth-order valence-corrected chi connectivity index (χ4v) is 2.45. The van der Waals surface area contributed by atoms with Gasteiger partial charge in [0.05, 0.1) is 5.60 Å². The maximum absolute atomic E-state index is 12.1. The van der Waals surface area contributed by atoms with Crippen LogP contribution >= 0.6 is 0 Å². The average molecular weight is 344 g/mol. The summed E-state index contributed by atoms with van der Waals surface area (Å²) in [6.45, 7) is 5.46. The van der Waals surface area contributed by atoms with Gasteiger partial charge in [-0.1, -0.05) is 38.1 Å². The van der Waals surface area contributed by atoms with Gasteiger partial charge >= 0.3 is 6.16 Å². The quantitative estimate of drug-likeness (QED) is 0.588. The molecule has 2 aromatic carbocycles. The Bertz CT molecular complexity index is 724. The van der Waals surface area contributed by atoms with E-state index in [2.05, 4.69) is 0 Å². The van der Waals surface area contributed by atoms with Crippen molar-refractivity contribution in [1.29, 1.82) is 0 Å². The average Bonchev–Trinajstić information content (AvgIpc) is 2.60. The Balaban J connectivity index is 2.08. The van der Waals surface area contributed by atoms with Crippen LogP contribution in [-0.4, -0.2) is 16.4 Å². The molecule has 0 saturated heterocycles. The molecule has 0 spiro atoms. The maximum atomic E-state index is 12.1. The number of ether oxygens (including phenoxy) is 2. The van der Waals surface area contributed by atoms with Crippen molar-refractivity contribution in [1.82, 2.24) is 0 Å². The van der Waals surface area contributed by atoms with Gasteiger partial charge in [0.15, 0.2) is 0 Å². The molecule has 2 atom stereocenters. The number of rotatable bonds is 6. The largest absolute Gasteiger partial charge is 0.514 e. The molecule has 5 nitrogen and oxygen atoms in total. The van der Waals surface area contributed by atoms with Crippen LogP contribution in [0.5, 0.6) is 11.5 Å². The van der Waals surface area contributed by atoms with E-state index in [0.29, 0.717) is 29.7 Å². The fourth-order valence-electron chi connectivity index (χ4n) is 2.45. The van der Waals surface area contributed by atoms with Gasteiger partial charge in [0.25, 0.3) is 0 Å². The van der Waals surface area contributed by atoms with E-state index in [1.54, 1.807) is 55.5 Å². The Hall–Kier alpha value is -2.53. The molecule has 0 bridgehead atoms. The first kappa shape index (κ1) is 18.8. The predicted octanol–water partition coefficient (Wildman–Crippen LogP) is 4.68. The zero-order valence-electron chi connectivity index (χ0n) is 14.7. The van der Waals surface area contributed by atoms with E-state index in [9.17, 15) is 15.0 Å². The van der Waals surface area contributed by atoms with E-state index in [4.69, 9.17) is 9.47 Å². The molecule has 0 fully saturated rings. The first-order valence-corrected chi connectivity index (χ1v) is 8.36. The molecule has 0 aliphatic rings. The first-order chi connectivity index (χ1) is 11.9. The van der Waals surface area contributed by atoms with Crippen molar-refractivity contribution in [3.05, 3.63) is 59.7 Å². The van der Waals surface area contributed by atoms with Crippen LogP contribution in [0.1, 0.15) is 50.8 Å². The Morgan fingerprint density at radius 1 is 1.16 bits per heavy atom. The third kappa shape index (κ3) is 4.97. The van der Waals surface area contributed by atoms with Crippen molar-refractivity contribution in [2.24, 2.45) is 0 Å². The molecular formula is C20H24O5. The number of phenolic OH excluding ortho intramolecular Hbond substituents is 1. The second-order valence-corrected chi connectivity index (χ2v) is 6.12. The Morgan fingerprint density at radius 2 is 1.88 bits per heavy atom. The van der Waals surface area contributed by atoms with Crippen LogP contribution in [0, 0.1) is 0 Å². The van der Waals surface area contributed by atoms with Crippen LogP contribution in [0.3, 0.4) is 0 Å². The lowest BCUT2D eigenvalue weighted by atomic mass is 9.93. The Labute approximate surface area is 147 Å². The van der Waals surface area contributed by atoms with E-state index >= 15 is 0 Å². The van der Waals surface area contributed by atoms with Crippen LogP contribution < -0.4 is 4.74 Å². The van der Waals surface area contributed by atoms with Gasteiger partial charge in [-0.15, -0.1) is 0 Å². The van der Waals surface area contributed by atoms with E-state index < -0.39 is 17.9 Å².